The van der Waals surface area contributed by atoms with Crippen LogP contribution in [-0.4, -0.2) is 10.2 Å². The molecule has 1 atom stereocenters. The molecule has 2 heteroatoms. The average Bonchev–Trinajstić information content (AvgIpc) is 2.13. The summed E-state index contributed by atoms with van der Waals surface area (Å²) in [7, 11) is 0. The quantitative estimate of drug-likeness (QED) is 0.401. The summed E-state index contributed by atoms with van der Waals surface area (Å²) >= 11 is 7.20. The summed E-state index contributed by atoms with van der Waals surface area (Å²) in [6.07, 6.45) is 10.9. The van der Waals surface area contributed by atoms with Gasteiger partial charge in [0.15, 0.2) is 0 Å². The van der Waals surface area contributed by atoms with Crippen molar-refractivity contribution in [2.75, 3.05) is 5.33 Å². The van der Waals surface area contributed by atoms with E-state index in [1.54, 1.807) is 0 Å². The maximum absolute atomic E-state index is 3.75. The Morgan fingerprint density at radius 2 is 1.54 bits per heavy atom. The normalized spacial score (nSPS) is 13.2. The van der Waals surface area contributed by atoms with Crippen molar-refractivity contribution in [2.24, 2.45) is 0 Å². The zero-order valence-electron chi connectivity index (χ0n) is 8.70. The van der Waals surface area contributed by atoms with Gasteiger partial charge in [-0.05, 0) is 19.3 Å². The van der Waals surface area contributed by atoms with Crippen molar-refractivity contribution in [3.05, 3.63) is 0 Å². The zero-order chi connectivity index (χ0) is 9.94. The van der Waals surface area contributed by atoms with Gasteiger partial charge in [-0.15, -0.1) is 0 Å². The van der Waals surface area contributed by atoms with Crippen LogP contribution < -0.4 is 0 Å². The Bertz CT molecular complexity index is 94.1. The summed E-state index contributed by atoms with van der Waals surface area (Å²) in [6.45, 7) is 2.26. The summed E-state index contributed by atoms with van der Waals surface area (Å²) in [6, 6.07) is 0. The van der Waals surface area contributed by atoms with Gasteiger partial charge >= 0.3 is 0 Å². The average molecular weight is 314 g/mol. The van der Waals surface area contributed by atoms with Crippen LogP contribution in [-0.2, 0) is 0 Å². The van der Waals surface area contributed by atoms with E-state index in [0.717, 1.165) is 10.2 Å². The fourth-order valence-corrected chi connectivity index (χ4v) is 2.44. The Labute approximate surface area is 100 Å². The SMILES string of the molecule is CCCCCC(Br)CCCCCBr. The Morgan fingerprint density at radius 1 is 0.923 bits per heavy atom. The molecule has 0 aliphatic rings. The third kappa shape index (κ3) is 10.9. The van der Waals surface area contributed by atoms with Crippen LogP contribution in [0.4, 0.5) is 0 Å². The van der Waals surface area contributed by atoms with E-state index < -0.39 is 0 Å². The molecule has 0 saturated heterocycles. The Balaban J connectivity index is 3.05. The van der Waals surface area contributed by atoms with E-state index in [0.29, 0.717) is 0 Å². The number of rotatable bonds is 9. The standard InChI is InChI=1S/C11H22Br2/c1-2-3-5-8-11(13)9-6-4-7-10-12/h11H,2-10H2,1H3. The zero-order valence-corrected chi connectivity index (χ0v) is 11.9. The van der Waals surface area contributed by atoms with Gasteiger partial charge in [-0.1, -0.05) is 70.9 Å². The van der Waals surface area contributed by atoms with Gasteiger partial charge in [0.2, 0.25) is 0 Å². The van der Waals surface area contributed by atoms with E-state index in [9.17, 15) is 0 Å². The maximum Gasteiger partial charge on any atom is 0.0145 e. The fourth-order valence-electron chi connectivity index (χ4n) is 1.40. The second kappa shape index (κ2) is 11.0. The first-order valence-electron chi connectivity index (χ1n) is 5.51. The molecular formula is C11H22Br2. The molecule has 0 aromatic rings. The minimum atomic E-state index is 0.773. The lowest BCUT2D eigenvalue weighted by Gasteiger charge is -2.08. The van der Waals surface area contributed by atoms with Crippen LogP contribution in [0.5, 0.6) is 0 Å². The van der Waals surface area contributed by atoms with Crippen molar-refractivity contribution in [1.29, 1.82) is 0 Å². The highest BCUT2D eigenvalue weighted by Gasteiger charge is 2.02. The van der Waals surface area contributed by atoms with Gasteiger partial charge in [-0.3, -0.25) is 0 Å². The first-order valence-corrected chi connectivity index (χ1v) is 7.55. The van der Waals surface area contributed by atoms with E-state index in [1.807, 2.05) is 0 Å². The molecule has 0 spiro atoms. The van der Waals surface area contributed by atoms with Crippen molar-refractivity contribution in [2.45, 2.75) is 63.1 Å². The molecule has 0 N–H and O–H groups in total. The molecular weight excluding hydrogens is 292 g/mol. The van der Waals surface area contributed by atoms with Gasteiger partial charge in [0.05, 0.1) is 0 Å². The van der Waals surface area contributed by atoms with Gasteiger partial charge in [-0.25, -0.2) is 0 Å². The number of unbranched alkanes of at least 4 members (excludes halogenated alkanes) is 4. The Morgan fingerprint density at radius 3 is 2.08 bits per heavy atom. The third-order valence-corrected chi connectivity index (χ3v) is 3.75. The number of halogens is 2. The molecule has 0 aromatic heterocycles. The van der Waals surface area contributed by atoms with Crippen molar-refractivity contribution < 1.29 is 0 Å². The first-order chi connectivity index (χ1) is 6.31. The summed E-state index contributed by atoms with van der Waals surface area (Å²) in [4.78, 5) is 0.773. The van der Waals surface area contributed by atoms with Crippen LogP contribution in [0.15, 0.2) is 0 Å². The minimum Gasteiger partial charge on any atom is -0.0928 e. The Hall–Kier alpha value is 0.960. The van der Waals surface area contributed by atoms with E-state index >= 15 is 0 Å². The molecule has 1 unspecified atom stereocenters. The highest BCUT2D eigenvalue weighted by molar-refractivity contribution is 9.09. The molecule has 0 aliphatic heterocycles. The maximum atomic E-state index is 3.75. The lowest BCUT2D eigenvalue weighted by Crippen LogP contribution is -1.97. The first kappa shape index (κ1) is 14.0. The second-order valence-corrected chi connectivity index (χ2v) is 5.72. The summed E-state index contributed by atoms with van der Waals surface area (Å²) in [5.41, 5.74) is 0. The predicted molar refractivity (Wildman–Crippen MR) is 69.1 cm³/mol. The molecule has 0 aromatic carbocycles. The molecule has 0 nitrogen and oxygen atoms in total. The van der Waals surface area contributed by atoms with Crippen LogP contribution in [0.3, 0.4) is 0 Å². The van der Waals surface area contributed by atoms with Gasteiger partial charge < -0.3 is 0 Å². The van der Waals surface area contributed by atoms with Crippen molar-refractivity contribution in [3.63, 3.8) is 0 Å². The molecule has 0 amide bonds. The monoisotopic (exact) mass is 312 g/mol. The smallest absolute Gasteiger partial charge is 0.0145 e. The molecule has 0 aliphatic carbocycles. The van der Waals surface area contributed by atoms with Crippen molar-refractivity contribution in [3.8, 4) is 0 Å². The van der Waals surface area contributed by atoms with Crippen LogP contribution in [0.2, 0.25) is 0 Å². The van der Waals surface area contributed by atoms with E-state index in [4.69, 9.17) is 0 Å². The van der Waals surface area contributed by atoms with Crippen LogP contribution >= 0.6 is 31.9 Å². The molecule has 0 radical (unpaired) electrons. The summed E-state index contributed by atoms with van der Waals surface area (Å²) in [5, 5.41) is 1.16. The third-order valence-electron chi connectivity index (χ3n) is 2.27. The molecule has 0 saturated carbocycles. The van der Waals surface area contributed by atoms with Gasteiger partial charge in [0.1, 0.15) is 0 Å². The second-order valence-electron chi connectivity index (χ2n) is 3.63. The molecule has 0 fully saturated rings. The topological polar surface area (TPSA) is 0 Å². The number of hydrogen-bond donors (Lipinski definition) is 0. The molecule has 13 heavy (non-hydrogen) atoms. The van der Waals surface area contributed by atoms with Gasteiger partial charge in [0, 0.05) is 10.2 Å². The highest BCUT2D eigenvalue weighted by atomic mass is 79.9. The number of alkyl halides is 2. The van der Waals surface area contributed by atoms with Crippen molar-refractivity contribution in [1.82, 2.24) is 0 Å². The lowest BCUT2D eigenvalue weighted by molar-refractivity contribution is 0.590. The Kier molecular flexibility index (Phi) is 11.9. The fraction of sp³-hybridized carbons (Fsp3) is 1.00. The van der Waals surface area contributed by atoms with Crippen LogP contribution in [0.1, 0.15) is 58.3 Å². The largest absolute Gasteiger partial charge is 0.0928 e. The van der Waals surface area contributed by atoms with Gasteiger partial charge in [0.25, 0.3) is 0 Å². The lowest BCUT2D eigenvalue weighted by atomic mass is 10.1. The van der Waals surface area contributed by atoms with E-state index in [2.05, 4.69) is 38.8 Å². The predicted octanol–water partition coefficient (Wildman–Crippen LogP) is 5.29. The van der Waals surface area contributed by atoms with Crippen molar-refractivity contribution >= 4 is 31.9 Å². The highest BCUT2D eigenvalue weighted by Crippen LogP contribution is 2.17. The minimum absolute atomic E-state index is 0.773. The summed E-state index contributed by atoms with van der Waals surface area (Å²) < 4.78 is 0. The van der Waals surface area contributed by atoms with Crippen LogP contribution in [0.25, 0.3) is 0 Å². The summed E-state index contributed by atoms with van der Waals surface area (Å²) in [5.74, 6) is 0. The van der Waals surface area contributed by atoms with Gasteiger partial charge in [-0.2, -0.15) is 0 Å². The molecule has 0 bridgehead atoms. The molecule has 80 valence electrons. The van der Waals surface area contributed by atoms with E-state index in [1.165, 1.54) is 51.4 Å². The molecule has 0 rings (SSSR count). The van der Waals surface area contributed by atoms with E-state index in [-0.39, 0.29) is 0 Å². The molecule has 0 heterocycles. The van der Waals surface area contributed by atoms with Crippen LogP contribution in [0, 0.1) is 0 Å². The number of hydrogen-bond acceptors (Lipinski definition) is 0.